The third-order valence-electron chi connectivity index (χ3n) is 4.05. The van der Waals surface area contributed by atoms with E-state index >= 15 is 0 Å². The number of amides is 2. The lowest BCUT2D eigenvalue weighted by atomic mass is 9.90. The van der Waals surface area contributed by atoms with Crippen molar-refractivity contribution in [3.63, 3.8) is 0 Å². The van der Waals surface area contributed by atoms with Gasteiger partial charge in [-0.15, -0.1) is 0 Å². The largest absolute Gasteiger partial charge is 0.448 e. The summed E-state index contributed by atoms with van der Waals surface area (Å²) in [5.41, 5.74) is 1.89. The standard InChI is InChI=1S/C19H20N2O3/c22-18(20-11-12-21-13-14-24-19(21)23)17(15-7-3-1-4-8-15)16-9-5-2-6-10-16/h1-10,17H,11-14H2,(H,20,22). The number of rotatable bonds is 6. The van der Waals surface area contributed by atoms with E-state index < -0.39 is 0 Å². The summed E-state index contributed by atoms with van der Waals surface area (Å²) in [5, 5.41) is 2.94. The van der Waals surface area contributed by atoms with Crippen molar-refractivity contribution in [2.24, 2.45) is 0 Å². The van der Waals surface area contributed by atoms with Gasteiger partial charge in [0, 0.05) is 13.1 Å². The average Bonchev–Trinajstić information content (AvgIpc) is 3.02. The Hall–Kier alpha value is -2.82. The number of carbonyl (C=O) groups excluding carboxylic acids is 2. The van der Waals surface area contributed by atoms with E-state index in [4.69, 9.17) is 4.74 Å². The van der Waals surface area contributed by atoms with E-state index in [2.05, 4.69) is 5.32 Å². The molecule has 0 unspecified atom stereocenters. The highest BCUT2D eigenvalue weighted by Crippen LogP contribution is 2.24. The maximum atomic E-state index is 12.8. The van der Waals surface area contributed by atoms with Crippen LogP contribution in [0.5, 0.6) is 0 Å². The number of nitrogens with zero attached hydrogens (tertiary/aromatic N) is 1. The maximum absolute atomic E-state index is 12.8. The second-order valence-corrected chi connectivity index (χ2v) is 5.65. The van der Waals surface area contributed by atoms with Crippen LogP contribution in [0.25, 0.3) is 0 Å². The number of cyclic esters (lactones) is 1. The molecule has 1 aliphatic heterocycles. The topological polar surface area (TPSA) is 58.6 Å². The van der Waals surface area contributed by atoms with Crippen LogP contribution in [0.3, 0.4) is 0 Å². The van der Waals surface area contributed by atoms with Crippen LogP contribution >= 0.6 is 0 Å². The number of hydrogen-bond donors (Lipinski definition) is 1. The van der Waals surface area contributed by atoms with Crippen molar-refractivity contribution in [2.75, 3.05) is 26.2 Å². The molecule has 1 fully saturated rings. The van der Waals surface area contributed by atoms with Gasteiger partial charge >= 0.3 is 6.09 Å². The van der Waals surface area contributed by atoms with E-state index in [0.717, 1.165) is 11.1 Å². The molecule has 0 radical (unpaired) electrons. The van der Waals surface area contributed by atoms with Gasteiger partial charge in [-0.25, -0.2) is 4.79 Å². The van der Waals surface area contributed by atoms with Crippen molar-refractivity contribution < 1.29 is 14.3 Å². The molecule has 2 aromatic rings. The third kappa shape index (κ3) is 3.74. The second-order valence-electron chi connectivity index (χ2n) is 5.65. The van der Waals surface area contributed by atoms with E-state index in [9.17, 15) is 9.59 Å². The molecule has 0 aliphatic carbocycles. The Morgan fingerprint density at radius 1 is 1.04 bits per heavy atom. The second kappa shape index (κ2) is 7.64. The molecule has 1 aliphatic rings. The van der Waals surface area contributed by atoms with Crippen molar-refractivity contribution >= 4 is 12.0 Å². The van der Waals surface area contributed by atoms with Crippen LogP contribution in [0.1, 0.15) is 17.0 Å². The van der Waals surface area contributed by atoms with Crippen LogP contribution in [0.4, 0.5) is 4.79 Å². The summed E-state index contributed by atoms with van der Waals surface area (Å²) >= 11 is 0. The van der Waals surface area contributed by atoms with Gasteiger partial charge in [0.05, 0.1) is 12.5 Å². The minimum Gasteiger partial charge on any atom is -0.448 e. The molecule has 1 saturated heterocycles. The van der Waals surface area contributed by atoms with Gasteiger partial charge < -0.3 is 15.0 Å². The van der Waals surface area contributed by atoms with Crippen LogP contribution in [-0.2, 0) is 9.53 Å². The fraction of sp³-hybridized carbons (Fsp3) is 0.263. The van der Waals surface area contributed by atoms with Gasteiger partial charge in [0.25, 0.3) is 0 Å². The Morgan fingerprint density at radius 2 is 1.62 bits per heavy atom. The first-order chi connectivity index (χ1) is 11.8. The monoisotopic (exact) mass is 324 g/mol. The SMILES string of the molecule is O=C(NCCN1CCOC1=O)C(c1ccccc1)c1ccccc1. The molecule has 1 heterocycles. The van der Waals surface area contributed by atoms with Crippen molar-refractivity contribution in [3.05, 3.63) is 71.8 Å². The van der Waals surface area contributed by atoms with E-state index in [0.29, 0.717) is 26.2 Å². The first kappa shape index (κ1) is 16.1. The lowest BCUT2D eigenvalue weighted by Crippen LogP contribution is -2.37. The van der Waals surface area contributed by atoms with E-state index in [1.54, 1.807) is 4.90 Å². The summed E-state index contributed by atoms with van der Waals surface area (Å²) < 4.78 is 4.88. The van der Waals surface area contributed by atoms with Crippen molar-refractivity contribution in [2.45, 2.75) is 5.92 Å². The molecule has 0 atom stereocenters. The molecule has 24 heavy (non-hydrogen) atoms. The molecular weight excluding hydrogens is 304 g/mol. The number of carbonyl (C=O) groups is 2. The van der Waals surface area contributed by atoms with Gasteiger partial charge in [0.2, 0.25) is 5.91 Å². The van der Waals surface area contributed by atoms with Crippen LogP contribution in [-0.4, -0.2) is 43.1 Å². The third-order valence-corrected chi connectivity index (χ3v) is 4.05. The molecule has 2 amide bonds. The van der Waals surface area contributed by atoms with Crippen LogP contribution in [0.15, 0.2) is 60.7 Å². The molecular formula is C19H20N2O3. The first-order valence-electron chi connectivity index (χ1n) is 8.05. The Bertz CT molecular complexity index is 649. The highest BCUT2D eigenvalue weighted by atomic mass is 16.6. The molecule has 0 bridgehead atoms. The lowest BCUT2D eigenvalue weighted by molar-refractivity contribution is -0.121. The summed E-state index contributed by atoms with van der Waals surface area (Å²) in [5.74, 6) is -0.433. The molecule has 124 valence electrons. The van der Waals surface area contributed by atoms with E-state index in [1.165, 1.54) is 0 Å². The molecule has 3 rings (SSSR count). The Labute approximate surface area is 141 Å². The maximum Gasteiger partial charge on any atom is 0.409 e. The minimum atomic E-state index is -0.363. The summed E-state index contributed by atoms with van der Waals surface area (Å²) in [7, 11) is 0. The summed E-state index contributed by atoms with van der Waals surface area (Å²) in [6.07, 6.45) is -0.313. The van der Waals surface area contributed by atoms with Gasteiger partial charge in [0.1, 0.15) is 6.61 Å². The Morgan fingerprint density at radius 3 is 2.12 bits per heavy atom. The average molecular weight is 324 g/mol. The normalized spacial score (nSPS) is 13.9. The van der Waals surface area contributed by atoms with Gasteiger partial charge in [-0.05, 0) is 11.1 Å². The smallest absolute Gasteiger partial charge is 0.409 e. The predicted octanol–water partition coefficient (Wildman–Crippen LogP) is 2.39. The zero-order valence-electron chi connectivity index (χ0n) is 13.4. The van der Waals surface area contributed by atoms with Gasteiger partial charge in [0.15, 0.2) is 0 Å². The van der Waals surface area contributed by atoms with E-state index in [-0.39, 0.29) is 17.9 Å². The first-order valence-corrected chi connectivity index (χ1v) is 8.05. The van der Waals surface area contributed by atoms with Crippen molar-refractivity contribution in [3.8, 4) is 0 Å². The number of nitrogens with one attached hydrogen (secondary N) is 1. The predicted molar refractivity (Wildman–Crippen MR) is 90.7 cm³/mol. The van der Waals surface area contributed by atoms with Crippen LogP contribution < -0.4 is 5.32 Å². The summed E-state index contributed by atoms with van der Waals surface area (Å²) in [6, 6.07) is 19.4. The lowest BCUT2D eigenvalue weighted by Gasteiger charge is -2.19. The van der Waals surface area contributed by atoms with Crippen molar-refractivity contribution in [1.82, 2.24) is 10.2 Å². The van der Waals surface area contributed by atoms with Gasteiger partial charge in [-0.2, -0.15) is 0 Å². The van der Waals surface area contributed by atoms with Crippen molar-refractivity contribution in [1.29, 1.82) is 0 Å². The molecule has 0 spiro atoms. The number of ether oxygens (including phenoxy) is 1. The van der Waals surface area contributed by atoms with Gasteiger partial charge in [-0.3, -0.25) is 4.79 Å². The molecule has 0 saturated carbocycles. The molecule has 5 nitrogen and oxygen atoms in total. The summed E-state index contributed by atoms with van der Waals surface area (Å²) in [4.78, 5) is 25.8. The molecule has 5 heteroatoms. The quantitative estimate of drug-likeness (QED) is 0.887. The molecule has 0 aromatic heterocycles. The zero-order valence-corrected chi connectivity index (χ0v) is 13.4. The highest BCUT2D eigenvalue weighted by molar-refractivity contribution is 5.87. The number of benzene rings is 2. The number of hydrogen-bond acceptors (Lipinski definition) is 3. The van der Waals surface area contributed by atoms with Crippen LogP contribution in [0, 0.1) is 0 Å². The van der Waals surface area contributed by atoms with Gasteiger partial charge in [-0.1, -0.05) is 60.7 Å². The summed E-state index contributed by atoms with van der Waals surface area (Å²) in [6.45, 7) is 1.86. The van der Waals surface area contributed by atoms with Crippen LogP contribution in [0.2, 0.25) is 0 Å². The zero-order chi connectivity index (χ0) is 16.8. The minimum absolute atomic E-state index is 0.0695. The molecule has 1 N–H and O–H groups in total. The Balaban J connectivity index is 1.69. The van der Waals surface area contributed by atoms with E-state index in [1.807, 2.05) is 60.7 Å². The fourth-order valence-corrected chi connectivity index (χ4v) is 2.83. The highest BCUT2D eigenvalue weighted by Gasteiger charge is 2.24. The Kier molecular flexibility index (Phi) is 5.11. The molecule has 2 aromatic carbocycles. The fourth-order valence-electron chi connectivity index (χ4n) is 2.83.